The van der Waals surface area contributed by atoms with Gasteiger partial charge in [0.05, 0.1) is 6.10 Å². The minimum atomic E-state index is -0.373. The molecule has 106 valence electrons. The number of hydrogen-bond donors (Lipinski definition) is 1. The molecule has 1 saturated heterocycles. The van der Waals surface area contributed by atoms with Crippen LogP contribution in [0.2, 0.25) is 0 Å². The van der Waals surface area contributed by atoms with Gasteiger partial charge in [0.15, 0.2) is 0 Å². The first-order valence-electron chi connectivity index (χ1n) is 7.17. The quantitative estimate of drug-likeness (QED) is 0.904. The monoisotopic (exact) mass is 262 g/mol. The maximum Gasteiger partial charge on any atom is 0.0916 e. The van der Waals surface area contributed by atoms with Gasteiger partial charge in [-0.2, -0.15) is 0 Å². The Bertz CT molecular complexity index is 377. The molecule has 3 heteroatoms. The fourth-order valence-electron chi connectivity index (χ4n) is 2.63. The summed E-state index contributed by atoms with van der Waals surface area (Å²) in [6.45, 7) is 11.8. The van der Waals surface area contributed by atoms with E-state index < -0.39 is 0 Å². The second-order valence-electron chi connectivity index (χ2n) is 6.38. The maximum absolute atomic E-state index is 10.2. The molecule has 1 unspecified atom stereocenters. The van der Waals surface area contributed by atoms with Crippen LogP contribution in [-0.2, 0) is 0 Å². The van der Waals surface area contributed by atoms with Crippen LogP contribution in [0.1, 0.15) is 32.4 Å². The summed E-state index contributed by atoms with van der Waals surface area (Å²) < 4.78 is 0. The average Bonchev–Trinajstić information content (AvgIpc) is 2.39. The molecule has 1 aliphatic rings. The van der Waals surface area contributed by atoms with Gasteiger partial charge in [-0.1, -0.05) is 30.3 Å². The zero-order valence-corrected chi connectivity index (χ0v) is 12.3. The van der Waals surface area contributed by atoms with Crippen LogP contribution >= 0.6 is 0 Å². The molecule has 0 bridgehead atoms. The van der Waals surface area contributed by atoms with Crippen molar-refractivity contribution in [1.29, 1.82) is 0 Å². The number of piperazine rings is 1. The van der Waals surface area contributed by atoms with E-state index in [-0.39, 0.29) is 11.6 Å². The number of benzene rings is 1. The minimum absolute atomic E-state index is 0.254. The molecule has 1 aliphatic heterocycles. The predicted molar refractivity (Wildman–Crippen MR) is 79.2 cm³/mol. The van der Waals surface area contributed by atoms with E-state index in [4.69, 9.17) is 0 Å². The highest BCUT2D eigenvalue weighted by molar-refractivity contribution is 5.17. The Balaban J connectivity index is 1.83. The molecule has 0 aliphatic carbocycles. The van der Waals surface area contributed by atoms with E-state index in [1.54, 1.807) is 0 Å². The van der Waals surface area contributed by atoms with Crippen molar-refractivity contribution < 1.29 is 5.11 Å². The SMILES string of the molecule is CC(C)(C)N1CCN(CC(O)c2ccccc2)CC1. The van der Waals surface area contributed by atoms with E-state index in [1.165, 1.54) is 0 Å². The Morgan fingerprint density at radius 2 is 1.63 bits per heavy atom. The largest absolute Gasteiger partial charge is 0.387 e. The van der Waals surface area contributed by atoms with Gasteiger partial charge in [-0.05, 0) is 26.3 Å². The Hall–Kier alpha value is -0.900. The molecule has 0 spiro atoms. The fourth-order valence-corrected chi connectivity index (χ4v) is 2.63. The molecule has 0 amide bonds. The maximum atomic E-state index is 10.2. The molecule has 1 N–H and O–H groups in total. The zero-order chi connectivity index (χ0) is 13.9. The molecule has 2 rings (SSSR count). The van der Waals surface area contributed by atoms with Gasteiger partial charge >= 0.3 is 0 Å². The van der Waals surface area contributed by atoms with Crippen molar-refractivity contribution in [3.05, 3.63) is 35.9 Å². The van der Waals surface area contributed by atoms with Gasteiger partial charge in [-0.15, -0.1) is 0 Å². The molecule has 1 atom stereocenters. The molecule has 3 nitrogen and oxygen atoms in total. The Morgan fingerprint density at radius 1 is 1.05 bits per heavy atom. The van der Waals surface area contributed by atoms with Crippen molar-refractivity contribution in [2.45, 2.75) is 32.4 Å². The van der Waals surface area contributed by atoms with Crippen LogP contribution in [0.15, 0.2) is 30.3 Å². The fraction of sp³-hybridized carbons (Fsp3) is 0.625. The topological polar surface area (TPSA) is 26.7 Å². The van der Waals surface area contributed by atoms with Crippen LogP contribution in [0.4, 0.5) is 0 Å². The van der Waals surface area contributed by atoms with E-state index in [2.05, 4.69) is 30.6 Å². The first-order valence-corrected chi connectivity index (χ1v) is 7.17. The molecule has 1 fully saturated rings. The summed E-state index contributed by atoms with van der Waals surface area (Å²) in [5.41, 5.74) is 1.27. The lowest BCUT2D eigenvalue weighted by molar-refractivity contribution is 0.0363. The van der Waals surface area contributed by atoms with Crippen molar-refractivity contribution in [2.24, 2.45) is 0 Å². The molecule has 1 aromatic rings. The molecule has 0 saturated carbocycles. The Kier molecular flexibility index (Phi) is 4.61. The Labute approximate surface area is 116 Å². The van der Waals surface area contributed by atoms with Gasteiger partial charge in [-0.3, -0.25) is 9.80 Å². The molecule has 0 radical (unpaired) electrons. The van der Waals surface area contributed by atoms with Crippen LogP contribution in [0.5, 0.6) is 0 Å². The Morgan fingerprint density at radius 3 is 2.16 bits per heavy atom. The van der Waals surface area contributed by atoms with Crippen LogP contribution in [0.25, 0.3) is 0 Å². The number of aliphatic hydroxyl groups excluding tert-OH is 1. The number of hydrogen-bond acceptors (Lipinski definition) is 3. The number of nitrogens with zero attached hydrogens (tertiary/aromatic N) is 2. The highest BCUT2D eigenvalue weighted by Gasteiger charge is 2.26. The van der Waals surface area contributed by atoms with Crippen molar-refractivity contribution >= 4 is 0 Å². The van der Waals surface area contributed by atoms with E-state index in [0.717, 1.165) is 38.3 Å². The minimum Gasteiger partial charge on any atom is -0.387 e. The van der Waals surface area contributed by atoms with Crippen LogP contribution in [-0.4, -0.2) is 53.2 Å². The first kappa shape index (κ1) is 14.5. The lowest BCUT2D eigenvalue weighted by atomic mass is 10.0. The van der Waals surface area contributed by atoms with Crippen LogP contribution < -0.4 is 0 Å². The number of aliphatic hydroxyl groups is 1. The summed E-state index contributed by atoms with van der Waals surface area (Å²) in [7, 11) is 0. The zero-order valence-electron chi connectivity index (χ0n) is 12.3. The van der Waals surface area contributed by atoms with Crippen molar-refractivity contribution in [3.8, 4) is 0 Å². The molecule has 1 heterocycles. The molecular weight excluding hydrogens is 236 g/mol. The van der Waals surface area contributed by atoms with E-state index in [9.17, 15) is 5.11 Å². The predicted octanol–water partition coefficient (Wildman–Crippen LogP) is 2.14. The van der Waals surface area contributed by atoms with Gasteiger partial charge in [0.1, 0.15) is 0 Å². The third-order valence-corrected chi connectivity index (χ3v) is 3.94. The van der Waals surface area contributed by atoms with E-state index in [1.807, 2.05) is 30.3 Å². The third kappa shape index (κ3) is 4.03. The molecular formula is C16H26N2O. The highest BCUT2D eigenvalue weighted by atomic mass is 16.3. The van der Waals surface area contributed by atoms with Gasteiger partial charge in [0.25, 0.3) is 0 Å². The molecule has 1 aromatic carbocycles. The lowest BCUT2D eigenvalue weighted by Gasteiger charge is -2.42. The average molecular weight is 262 g/mol. The van der Waals surface area contributed by atoms with Gasteiger partial charge in [-0.25, -0.2) is 0 Å². The second-order valence-corrected chi connectivity index (χ2v) is 6.38. The number of β-amino-alcohol motifs (C(OH)–C–C–N with tert-alkyl or cyclic N) is 1. The third-order valence-electron chi connectivity index (χ3n) is 3.94. The summed E-state index contributed by atoms with van der Waals surface area (Å²) in [5.74, 6) is 0. The summed E-state index contributed by atoms with van der Waals surface area (Å²) in [6.07, 6.45) is -0.373. The normalized spacial score (nSPS) is 20.4. The van der Waals surface area contributed by atoms with Crippen molar-refractivity contribution in [1.82, 2.24) is 9.80 Å². The summed E-state index contributed by atoms with van der Waals surface area (Å²) >= 11 is 0. The summed E-state index contributed by atoms with van der Waals surface area (Å²) in [4.78, 5) is 4.87. The second kappa shape index (κ2) is 6.04. The van der Waals surface area contributed by atoms with Crippen molar-refractivity contribution in [2.75, 3.05) is 32.7 Å². The van der Waals surface area contributed by atoms with E-state index >= 15 is 0 Å². The smallest absolute Gasteiger partial charge is 0.0916 e. The van der Waals surface area contributed by atoms with Gasteiger partial charge < -0.3 is 5.11 Å². The van der Waals surface area contributed by atoms with Gasteiger partial charge in [0.2, 0.25) is 0 Å². The lowest BCUT2D eigenvalue weighted by Crippen LogP contribution is -2.53. The van der Waals surface area contributed by atoms with Crippen LogP contribution in [0.3, 0.4) is 0 Å². The highest BCUT2D eigenvalue weighted by Crippen LogP contribution is 2.18. The molecule has 19 heavy (non-hydrogen) atoms. The first-order chi connectivity index (χ1) is 8.97. The molecule has 0 aromatic heterocycles. The van der Waals surface area contributed by atoms with Crippen LogP contribution in [0, 0.1) is 0 Å². The number of rotatable bonds is 3. The standard InChI is InChI=1S/C16H26N2O/c1-16(2,3)18-11-9-17(10-12-18)13-15(19)14-7-5-4-6-8-14/h4-8,15,19H,9-13H2,1-3H3. The summed E-state index contributed by atoms with van der Waals surface area (Å²) in [6, 6.07) is 9.94. The van der Waals surface area contributed by atoms with Gasteiger partial charge in [0, 0.05) is 38.3 Å². The summed E-state index contributed by atoms with van der Waals surface area (Å²) in [5, 5.41) is 10.2. The van der Waals surface area contributed by atoms with Crippen molar-refractivity contribution in [3.63, 3.8) is 0 Å². The van der Waals surface area contributed by atoms with E-state index in [0.29, 0.717) is 0 Å².